The quantitative estimate of drug-likeness (QED) is 0.670. The van der Waals surface area contributed by atoms with Crippen molar-refractivity contribution in [1.29, 1.82) is 0 Å². The molecule has 0 aliphatic heterocycles. The molecule has 8 heteroatoms. The van der Waals surface area contributed by atoms with Gasteiger partial charge in [-0.25, -0.2) is 0 Å². The summed E-state index contributed by atoms with van der Waals surface area (Å²) in [5.41, 5.74) is -0.624. The number of aryl methyl sites for hydroxylation is 1. The second-order valence-electron chi connectivity index (χ2n) is 3.57. The molecule has 0 heterocycles. The van der Waals surface area contributed by atoms with E-state index in [1.54, 1.807) is 0 Å². The maximum absolute atomic E-state index is 12.4. The molecule has 98 valence electrons. The summed E-state index contributed by atoms with van der Waals surface area (Å²) in [6.45, 7) is 0.498. The van der Waals surface area contributed by atoms with Crippen LogP contribution in [0.2, 0.25) is 0 Å². The average Bonchev–Trinajstić information content (AvgIpc) is 2.18. The molecule has 5 nitrogen and oxygen atoms in total. The van der Waals surface area contributed by atoms with Crippen LogP contribution in [0.4, 0.5) is 18.9 Å². The maximum Gasteiger partial charge on any atom is 0.416 e. The van der Waals surface area contributed by atoms with E-state index in [0.29, 0.717) is 5.56 Å². The highest BCUT2D eigenvalue weighted by atomic mass is 19.4. The van der Waals surface area contributed by atoms with Gasteiger partial charge in [-0.05, 0) is 24.6 Å². The van der Waals surface area contributed by atoms with Crippen molar-refractivity contribution in [2.45, 2.75) is 13.1 Å². The Labute approximate surface area is 99.8 Å². The van der Waals surface area contributed by atoms with E-state index in [9.17, 15) is 28.1 Å². The van der Waals surface area contributed by atoms with E-state index in [2.05, 4.69) is 5.32 Å². The van der Waals surface area contributed by atoms with Crippen molar-refractivity contribution >= 4 is 11.6 Å². The van der Waals surface area contributed by atoms with Crippen LogP contribution in [0.1, 0.15) is 11.1 Å². The molecule has 0 saturated heterocycles. The number of carbonyl (C=O) groups is 1. The molecule has 0 aliphatic carbocycles. The van der Waals surface area contributed by atoms with Gasteiger partial charge in [0, 0.05) is 10.6 Å². The van der Waals surface area contributed by atoms with E-state index in [4.69, 9.17) is 0 Å². The molecular weight excluding hydrogens is 253 g/mol. The molecular formula is C10H9F3N2O3. The highest BCUT2D eigenvalue weighted by Crippen LogP contribution is 2.31. The van der Waals surface area contributed by atoms with Crippen LogP contribution in [-0.4, -0.2) is 17.4 Å². The van der Waals surface area contributed by atoms with Crippen molar-refractivity contribution in [1.82, 2.24) is 0 Å². The summed E-state index contributed by atoms with van der Waals surface area (Å²) in [4.78, 5) is 20.3. The number of hydrogen-bond donors (Lipinski definition) is 1. The third kappa shape index (κ3) is 3.72. The van der Waals surface area contributed by atoms with Gasteiger partial charge in [0.25, 0.3) is 12.5 Å². The number of nitrogens with zero attached hydrogens (tertiary/aromatic N) is 1. The second-order valence-corrected chi connectivity index (χ2v) is 3.57. The molecule has 0 saturated carbocycles. The third-order valence-corrected chi connectivity index (χ3v) is 2.11. The van der Waals surface area contributed by atoms with E-state index >= 15 is 0 Å². The Kier molecular flexibility index (Phi) is 3.89. The van der Waals surface area contributed by atoms with E-state index in [1.165, 1.54) is 13.0 Å². The van der Waals surface area contributed by atoms with Crippen LogP contribution in [0, 0.1) is 17.0 Å². The fourth-order valence-electron chi connectivity index (χ4n) is 1.24. The summed E-state index contributed by atoms with van der Waals surface area (Å²) in [6, 6.07) is 2.80. The number of anilines is 1. The van der Waals surface area contributed by atoms with E-state index in [-0.39, 0.29) is 5.69 Å². The minimum Gasteiger partial charge on any atom is -0.320 e. The summed E-state index contributed by atoms with van der Waals surface area (Å²) < 4.78 is 37.3. The third-order valence-electron chi connectivity index (χ3n) is 2.11. The Balaban J connectivity index is 2.95. The SMILES string of the molecule is Cc1ccc(C(F)(F)F)cc1NC(=O)C[N+](=O)[O-]. The first-order valence-corrected chi connectivity index (χ1v) is 4.79. The smallest absolute Gasteiger partial charge is 0.320 e. The van der Waals surface area contributed by atoms with Gasteiger partial charge in [-0.1, -0.05) is 6.07 Å². The molecule has 0 atom stereocenters. The summed E-state index contributed by atoms with van der Waals surface area (Å²) in [5.74, 6) is -0.970. The standard InChI is InChI=1S/C10H9F3N2O3/c1-6-2-3-7(10(11,12)13)4-8(6)14-9(16)5-15(17)18/h2-4H,5H2,1H3,(H,14,16). The molecule has 0 radical (unpaired) electrons. The van der Waals surface area contributed by atoms with Crippen molar-refractivity contribution < 1.29 is 22.9 Å². The Morgan fingerprint density at radius 1 is 1.44 bits per heavy atom. The normalized spacial score (nSPS) is 11.1. The summed E-state index contributed by atoms with van der Waals surface area (Å²) in [6.07, 6.45) is -4.53. The topological polar surface area (TPSA) is 72.2 Å². The Hall–Kier alpha value is -2.12. The average molecular weight is 262 g/mol. The lowest BCUT2D eigenvalue weighted by molar-refractivity contribution is -0.467. The van der Waals surface area contributed by atoms with Crippen LogP contribution < -0.4 is 5.32 Å². The zero-order chi connectivity index (χ0) is 13.9. The molecule has 1 amide bonds. The van der Waals surface area contributed by atoms with Crippen molar-refractivity contribution in [3.63, 3.8) is 0 Å². The number of rotatable bonds is 3. The minimum atomic E-state index is -4.53. The fraction of sp³-hybridized carbons (Fsp3) is 0.300. The first-order valence-electron chi connectivity index (χ1n) is 4.79. The van der Waals surface area contributed by atoms with Gasteiger partial charge in [-0.15, -0.1) is 0 Å². The first-order chi connectivity index (χ1) is 8.20. The molecule has 1 rings (SSSR count). The van der Waals surface area contributed by atoms with Gasteiger partial charge in [0.2, 0.25) is 0 Å². The van der Waals surface area contributed by atoms with Crippen LogP contribution in [0.25, 0.3) is 0 Å². The number of halogens is 3. The predicted molar refractivity (Wildman–Crippen MR) is 56.7 cm³/mol. The number of hydrogen-bond acceptors (Lipinski definition) is 3. The molecule has 18 heavy (non-hydrogen) atoms. The molecule has 0 fully saturated rings. The Bertz CT molecular complexity index is 486. The maximum atomic E-state index is 12.4. The lowest BCUT2D eigenvalue weighted by Gasteiger charge is -2.11. The summed E-state index contributed by atoms with van der Waals surface area (Å²) >= 11 is 0. The number of alkyl halides is 3. The predicted octanol–water partition coefficient (Wildman–Crippen LogP) is 2.23. The van der Waals surface area contributed by atoms with Gasteiger partial charge < -0.3 is 5.32 Å². The Morgan fingerprint density at radius 3 is 2.56 bits per heavy atom. The number of amides is 1. The lowest BCUT2D eigenvalue weighted by atomic mass is 10.1. The molecule has 1 aromatic carbocycles. The van der Waals surface area contributed by atoms with E-state index in [1.807, 2.05) is 0 Å². The highest BCUT2D eigenvalue weighted by Gasteiger charge is 2.31. The summed E-state index contributed by atoms with van der Waals surface area (Å²) in [5, 5.41) is 12.1. The van der Waals surface area contributed by atoms with Gasteiger partial charge in [-0.3, -0.25) is 14.9 Å². The van der Waals surface area contributed by atoms with Gasteiger partial charge in [-0.2, -0.15) is 13.2 Å². The molecule has 1 N–H and O–H groups in total. The molecule has 1 aromatic rings. The van der Waals surface area contributed by atoms with Crippen LogP contribution in [0.5, 0.6) is 0 Å². The Morgan fingerprint density at radius 2 is 2.06 bits per heavy atom. The molecule has 0 aliphatic rings. The largest absolute Gasteiger partial charge is 0.416 e. The van der Waals surface area contributed by atoms with Crippen LogP contribution >= 0.6 is 0 Å². The molecule has 0 bridgehead atoms. The second kappa shape index (κ2) is 5.03. The first kappa shape index (κ1) is 13.9. The van der Waals surface area contributed by atoms with E-state index in [0.717, 1.165) is 12.1 Å². The van der Waals surface area contributed by atoms with Crippen LogP contribution in [-0.2, 0) is 11.0 Å². The summed E-state index contributed by atoms with van der Waals surface area (Å²) in [7, 11) is 0. The highest BCUT2D eigenvalue weighted by molar-refractivity contribution is 5.92. The number of nitro groups is 1. The zero-order valence-corrected chi connectivity index (χ0v) is 9.25. The number of benzene rings is 1. The van der Waals surface area contributed by atoms with Gasteiger partial charge in [0.15, 0.2) is 0 Å². The van der Waals surface area contributed by atoms with Crippen molar-refractivity contribution in [3.8, 4) is 0 Å². The molecule has 0 aromatic heterocycles. The minimum absolute atomic E-state index is 0.0864. The number of nitrogens with one attached hydrogen (secondary N) is 1. The number of carbonyl (C=O) groups excluding carboxylic acids is 1. The lowest BCUT2D eigenvalue weighted by Crippen LogP contribution is -2.22. The molecule has 0 unspecified atom stereocenters. The van der Waals surface area contributed by atoms with Crippen molar-refractivity contribution in [3.05, 3.63) is 39.4 Å². The zero-order valence-electron chi connectivity index (χ0n) is 9.25. The van der Waals surface area contributed by atoms with Crippen molar-refractivity contribution in [2.75, 3.05) is 11.9 Å². The van der Waals surface area contributed by atoms with Crippen molar-refractivity contribution in [2.24, 2.45) is 0 Å². The van der Waals surface area contributed by atoms with Gasteiger partial charge >= 0.3 is 6.18 Å². The molecule has 0 spiro atoms. The van der Waals surface area contributed by atoms with Gasteiger partial charge in [0.1, 0.15) is 0 Å². The van der Waals surface area contributed by atoms with Gasteiger partial charge in [0.05, 0.1) is 5.56 Å². The van der Waals surface area contributed by atoms with Crippen LogP contribution in [0.15, 0.2) is 18.2 Å². The van der Waals surface area contributed by atoms with E-state index < -0.39 is 29.1 Å². The fourth-order valence-corrected chi connectivity index (χ4v) is 1.24. The monoisotopic (exact) mass is 262 g/mol. The van der Waals surface area contributed by atoms with Crippen LogP contribution in [0.3, 0.4) is 0 Å².